The number of unbranched alkanes of at least 4 members (excludes halogenated alkanes) is 1. The fourth-order valence-corrected chi connectivity index (χ4v) is 5.05. The largest absolute Gasteiger partial charge is 0.447 e. The van der Waals surface area contributed by atoms with Gasteiger partial charge in [0, 0.05) is 31.5 Å². The van der Waals surface area contributed by atoms with Gasteiger partial charge in [-0.1, -0.05) is 28.0 Å². The Hall–Kier alpha value is -1.62. The van der Waals surface area contributed by atoms with Crippen LogP contribution in [-0.2, 0) is 9.53 Å². The molecule has 0 radical (unpaired) electrons. The first-order chi connectivity index (χ1) is 12.4. The van der Waals surface area contributed by atoms with Crippen LogP contribution < -0.4 is 16.4 Å². The lowest BCUT2D eigenvalue weighted by Crippen LogP contribution is -2.39. The van der Waals surface area contributed by atoms with Crippen molar-refractivity contribution in [3.05, 3.63) is 0 Å². The lowest BCUT2D eigenvalue weighted by atomic mass is 10.1. The maximum absolute atomic E-state index is 11.7. The monoisotopic (exact) mass is 404 g/mol. The normalized spacial score (nSPS) is 16.8. The average molecular weight is 405 g/mol. The molecule has 1 saturated heterocycles. The number of guanidine groups is 2. The van der Waals surface area contributed by atoms with Gasteiger partial charge >= 0.3 is 6.09 Å². The van der Waals surface area contributed by atoms with Crippen LogP contribution in [0.3, 0.4) is 0 Å². The van der Waals surface area contributed by atoms with E-state index in [9.17, 15) is 9.59 Å². The zero-order chi connectivity index (χ0) is 19.4. The molecular weight excluding hydrogens is 376 g/mol. The molecule has 0 bridgehead atoms. The first-order valence-electron chi connectivity index (χ1n) is 8.47. The van der Waals surface area contributed by atoms with Gasteiger partial charge in [0.2, 0.25) is 17.8 Å². The smallest absolute Gasteiger partial charge is 0.414 e. The molecular formula is C15H28N6O3S2. The molecule has 0 aromatic heterocycles. The Morgan fingerprint density at radius 1 is 1.38 bits per heavy atom. The van der Waals surface area contributed by atoms with Crippen molar-refractivity contribution in [2.75, 3.05) is 33.0 Å². The average Bonchev–Trinajstić information content (AvgIpc) is 3.08. The SMILES string of the molecule is CN(C)C(=N)N=C(N)NC(=O)OCCNC(=O)CCCC[C@@H]1CCSS1. The number of carbonyl (C=O) groups is 2. The third-order valence-corrected chi connectivity index (χ3v) is 6.45. The van der Waals surface area contributed by atoms with Gasteiger partial charge in [-0.15, -0.1) is 0 Å². The second-order valence-corrected chi connectivity index (χ2v) is 8.69. The first-order valence-corrected chi connectivity index (χ1v) is 10.9. The quantitative estimate of drug-likeness (QED) is 0.208. The molecule has 0 aromatic carbocycles. The van der Waals surface area contributed by atoms with Crippen LogP contribution >= 0.6 is 21.6 Å². The number of ether oxygens (including phenoxy) is 1. The van der Waals surface area contributed by atoms with Crippen molar-refractivity contribution < 1.29 is 14.3 Å². The van der Waals surface area contributed by atoms with E-state index in [0.717, 1.165) is 18.1 Å². The number of rotatable bonds is 8. The summed E-state index contributed by atoms with van der Waals surface area (Å²) in [5.41, 5.74) is 5.48. The Bertz CT molecular complexity index is 510. The van der Waals surface area contributed by atoms with Crippen LogP contribution in [0.4, 0.5) is 4.79 Å². The summed E-state index contributed by atoms with van der Waals surface area (Å²) in [4.78, 5) is 28.3. The summed E-state index contributed by atoms with van der Waals surface area (Å²) in [6, 6.07) is 0. The van der Waals surface area contributed by atoms with Gasteiger partial charge in [-0.05, 0) is 19.3 Å². The van der Waals surface area contributed by atoms with Gasteiger partial charge in [0.15, 0.2) is 0 Å². The number of amides is 2. The van der Waals surface area contributed by atoms with Crippen LogP contribution in [0.2, 0.25) is 0 Å². The molecule has 1 aliphatic heterocycles. The van der Waals surface area contributed by atoms with Gasteiger partial charge in [-0.2, -0.15) is 4.99 Å². The summed E-state index contributed by atoms with van der Waals surface area (Å²) in [6.45, 7) is 0.276. The number of nitrogens with zero attached hydrogens (tertiary/aromatic N) is 2. The Labute approximate surface area is 162 Å². The lowest BCUT2D eigenvalue weighted by Gasteiger charge is -2.10. The van der Waals surface area contributed by atoms with Crippen molar-refractivity contribution in [1.29, 1.82) is 5.41 Å². The van der Waals surface area contributed by atoms with Gasteiger partial charge in [0.05, 0.1) is 6.54 Å². The molecule has 11 heteroatoms. The zero-order valence-corrected chi connectivity index (χ0v) is 16.9. The van der Waals surface area contributed by atoms with E-state index >= 15 is 0 Å². The van der Waals surface area contributed by atoms with Gasteiger partial charge in [0.25, 0.3) is 0 Å². The topological polar surface area (TPSA) is 133 Å². The molecule has 5 N–H and O–H groups in total. The van der Waals surface area contributed by atoms with Crippen molar-refractivity contribution in [2.24, 2.45) is 10.7 Å². The van der Waals surface area contributed by atoms with Crippen LogP contribution in [0.1, 0.15) is 32.1 Å². The van der Waals surface area contributed by atoms with Crippen molar-refractivity contribution >= 4 is 45.5 Å². The summed E-state index contributed by atoms with van der Waals surface area (Å²) in [7, 11) is 7.16. The summed E-state index contributed by atoms with van der Waals surface area (Å²) in [6.07, 6.45) is 4.09. The minimum Gasteiger partial charge on any atom is -0.447 e. The molecule has 1 heterocycles. The Balaban J connectivity index is 2.03. The zero-order valence-electron chi connectivity index (χ0n) is 15.2. The summed E-state index contributed by atoms with van der Waals surface area (Å²) in [5.74, 6) is 0.874. The molecule has 0 aliphatic carbocycles. The van der Waals surface area contributed by atoms with E-state index in [1.54, 1.807) is 14.1 Å². The van der Waals surface area contributed by atoms with E-state index in [-0.39, 0.29) is 31.0 Å². The van der Waals surface area contributed by atoms with Gasteiger partial charge in [-0.25, -0.2) is 4.79 Å². The maximum atomic E-state index is 11.7. The van der Waals surface area contributed by atoms with E-state index in [0.29, 0.717) is 6.42 Å². The summed E-state index contributed by atoms with van der Waals surface area (Å²) in [5, 5.41) is 13.1. The Kier molecular flexibility index (Phi) is 10.9. The molecule has 148 valence electrons. The van der Waals surface area contributed by atoms with E-state index in [2.05, 4.69) is 15.6 Å². The van der Waals surface area contributed by atoms with Gasteiger partial charge in [0.1, 0.15) is 6.61 Å². The van der Waals surface area contributed by atoms with Gasteiger partial charge < -0.3 is 20.7 Å². The number of hydrogen-bond donors (Lipinski definition) is 4. The predicted molar refractivity (Wildman–Crippen MR) is 107 cm³/mol. The highest BCUT2D eigenvalue weighted by Gasteiger charge is 2.15. The van der Waals surface area contributed by atoms with E-state index in [1.165, 1.54) is 23.5 Å². The van der Waals surface area contributed by atoms with Crippen molar-refractivity contribution in [2.45, 2.75) is 37.4 Å². The predicted octanol–water partition coefficient (Wildman–Crippen LogP) is 1.35. The first kappa shape index (κ1) is 22.4. The fraction of sp³-hybridized carbons (Fsp3) is 0.733. The van der Waals surface area contributed by atoms with Crippen molar-refractivity contribution in [1.82, 2.24) is 15.5 Å². The number of carbonyl (C=O) groups excluding carboxylic acids is 2. The van der Waals surface area contributed by atoms with Crippen LogP contribution in [0.15, 0.2) is 4.99 Å². The van der Waals surface area contributed by atoms with Crippen LogP contribution in [0.25, 0.3) is 0 Å². The Morgan fingerprint density at radius 2 is 2.15 bits per heavy atom. The summed E-state index contributed by atoms with van der Waals surface area (Å²) >= 11 is 0. The maximum Gasteiger partial charge on any atom is 0.414 e. The van der Waals surface area contributed by atoms with E-state index in [4.69, 9.17) is 15.9 Å². The molecule has 0 unspecified atom stereocenters. The highest BCUT2D eigenvalue weighted by molar-refractivity contribution is 8.77. The molecule has 0 aromatic rings. The van der Waals surface area contributed by atoms with Crippen molar-refractivity contribution in [3.63, 3.8) is 0 Å². The minimum absolute atomic E-state index is 0.0336. The second-order valence-electron chi connectivity index (χ2n) is 5.90. The molecule has 1 atom stereocenters. The number of aliphatic imine (C=N–C) groups is 1. The molecule has 0 saturated carbocycles. The van der Waals surface area contributed by atoms with E-state index < -0.39 is 6.09 Å². The number of nitrogens with one attached hydrogen (secondary N) is 3. The molecule has 2 amide bonds. The second kappa shape index (κ2) is 12.7. The standard InChI is InChI=1S/C15H28N6O3S2/c1-21(2)14(17)19-13(16)20-15(23)24-9-8-18-12(22)6-4-3-5-11-7-10-25-26-11/h11H,3-10H2,1-2H3,(H,18,22)(H4,16,17,19,20,23)/t11-/m1/s1. The van der Waals surface area contributed by atoms with Crippen molar-refractivity contribution in [3.8, 4) is 0 Å². The van der Waals surface area contributed by atoms with Gasteiger partial charge in [-0.3, -0.25) is 15.5 Å². The third kappa shape index (κ3) is 10.4. The number of alkyl carbamates (subject to hydrolysis) is 1. The molecule has 1 aliphatic rings. The Morgan fingerprint density at radius 3 is 2.81 bits per heavy atom. The molecule has 9 nitrogen and oxygen atoms in total. The summed E-state index contributed by atoms with van der Waals surface area (Å²) < 4.78 is 4.88. The molecule has 1 fully saturated rings. The minimum atomic E-state index is -0.779. The van der Waals surface area contributed by atoms with Crippen LogP contribution in [0, 0.1) is 5.41 Å². The van der Waals surface area contributed by atoms with Crippen LogP contribution in [0.5, 0.6) is 0 Å². The fourth-order valence-electron chi connectivity index (χ4n) is 2.03. The lowest BCUT2D eigenvalue weighted by molar-refractivity contribution is -0.121. The number of hydrogen-bond acceptors (Lipinski definition) is 6. The molecule has 0 spiro atoms. The number of nitrogens with two attached hydrogens (primary N) is 1. The van der Waals surface area contributed by atoms with E-state index in [1.807, 2.05) is 21.6 Å². The molecule has 26 heavy (non-hydrogen) atoms. The third-order valence-electron chi connectivity index (χ3n) is 3.44. The molecule has 1 rings (SSSR count). The highest BCUT2D eigenvalue weighted by Crippen LogP contribution is 2.39. The highest BCUT2D eigenvalue weighted by atomic mass is 33.1. The van der Waals surface area contributed by atoms with Crippen LogP contribution in [-0.4, -0.2) is 67.1 Å².